The molecule has 2 heterocycles. The molecule has 25 heavy (non-hydrogen) atoms. The molecule has 1 spiro atoms. The highest BCUT2D eigenvalue weighted by Crippen LogP contribution is 2.45. The van der Waals surface area contributed by atoms with E-state index in [-0.39, 0.29) is 11.4 Å². The molecule has 2 aliphatic rings. The molecule has 0 atom stereocenters. The highest BCUT2D eigenvalue weighted by atomic mass is 16.2. The third-order valence-electron chi connectivity index (χ3n) is 5.10. The van der Waals surface area contributed by atoms with Crippen molar-refractivity contribution in [1.29, 1.82) is 0 Å². The van der Waals surface area contributed by atoms with Crippen LogP contribution >= 0.6 is 0 Å². The molecule has 1 fully saturated rings. The number of hydrogen-bond acceptors (Lipinski definition) is 2. The standard InChI is InChI=1S/C20H26N2O.C2H6/c1-3-4-5-8-16(2)15-22-19(23)17-9-6-7-10-18(17)20(22)11-13-21-14-12-20;1-2/h3-4,6-10,21H,5,11-15H2,1-2H3;1-2H3/b4-3-,16-8+;. The summed E-state index contributed by atoms with van der Waals surface area (Å²) in [5, 5.41) is 3.44. The summed E-state index contributed by atoms with van der Waals surface area (Å²) in [6.45, 7) is 10.8. The molecule has 3 rings (SSSR count). The SMILES string of the molecule is C/C=C\C/C=C(\C)CN1C(=O)c2ccccc2C12CCNCC2.CC. The lowest BCUT2D eigenvalue weighted by molar-refractivity contribution is 0.0484. The Labute approximate surface area is 152 Å². The van der Waals surface area contributed by atoms with Gasteiger partial charge < -0.3 is 10.2 Å². The van der Waals surface area contributed by atoms with Gasteiger partial charge in [0, 0.05) is 12.1 Å². The van der Waals surface area contributed by atoms with E-state index in [1.807, 2.05) is 32.9 Å². The van der Waals surface area contributed by atoms with Crippen LogP contribution in [0, 0.1) is 0 Å². The number of allylic oxidation sites excluding steroid dienone is 3. The molecular weight excluding hydrogens is 308 g/mol. The van der Waals surface area contributed by atoms with E-state index in [4.69, 9.17) is 0 Å². The van der Waals surface area contributed by atoms with Gasteiger partial charge in [-0.15, -0.1) is 0 Å². The summed E-state index contributed by atoms with van der Waals surface area (Å²) < 4.78 is 0. The van der Waals surface area contributed by atoms with Crippen molar-refractivity contribution in [2.45, 2.75) is 52.5 Å². The lowest BCUT2D eigenvalue weighted by atomic mass is 9.81. The van der Waals surface area contributed by atoms with Crippen molar-refractivity contribution in [3.05, 3.63) is 59.2 Å². The third kappa shape index (κ3) is 3.87. The zero-order valence-corrected chi connectivity index (χ0v) is 16.1. The second-order valence-corrected chi connectivity index (χ2v) is 6.57. The molecule has 0 aliphatic carbocycles. The van der Waals surface area contributed by atoms with Crippen LogP contribution in [0.2, 0.25) is 0 Å². The summed E-state index contributed by atoms with van der Waals surface area (Å²) in [6.07, 6.45) is 9.37. The summed E-state index contributed by atoms with van der Waals surface area (Å²) >= 11 is 0. The number of rotatable bonds is 4. The van der Waals surface area contributed by atoms with Crippen LogP contribution in [-0.2, 0) is 5.54 Å². The monoisotopic (exact) mass is 340 g/mol. The second kappa shape index (κ2) is 9.00. The summed E-state index contributed by atoms with van der Waals surface area (Å²) in [6, 6.07) is 8.18. The van der Waals surface area contributed by atoms with E-state index in [1.54, 1.807) is 0 Å². The van der Waals surface area contributed by atoms with Crippen molar-refractivity contribution < 1.29 is 4.79 Å². The summed E-state index contributed by atoms with van der Waals surface area (Å²) in [5.74, 6) is 0.196. The Morgan fingerprint density at radius 3 is 2.60 bits per heavy atom. The Hall–Kier alpha value is -1.87. The fourth-order valence-electron chi connectivity index (χ4n) is 3.88. The molecule has 0 unspecified atom stereocenters. The smallest absolute Gasteiger partial charge is 0.255 e. The molecule has 2 aliphatic heterocycles. The molecule has 1 saturated heterocycles. The van der Waals surface area contributed by atoms with Gasteiger partial charge in [0.2, 0.25) is 0 Å². The number of nitrogens with one attached hydrogen (secondary N) is 1. The molecule has 1 N–H and O–H groups in total. The maximum absolute atomic E-state index is 13.0. The molecule has 0 aromatic heterocycles. The fourth-order valence-corrected chi connectivity index (χ4v) is 3.88. The van der Waals surface area contributed by atoms with Crippen LogP contribution in [0.15, 0.2) is 48.1 Å². The van der Waals surface area contributed by atoms with Crippen LogP contribution in [0.1, 0.15) is 62.9 Å². The maximum atomic E-state index is 13.0. The Kier molecular flexibility index (Phi) is 7.01. The normalized spacial score (nSPS) is 19.1. The number of nitrogens with zero attached hydrogens (tertiary/aromatic N) is 1. The van der Waals surface area contributed by atoms with Crippen molar-refractivity contribution in [2.75, 3.05) is 19.6 Å². The Bertz CT molecular complexity index is 639. The van der Waals surface area contributed by atoms with Gasteiger partial charge in [-0.05, 0) is 57.8 Å². The average Bonchev–Trinajstić information content (AvgIpc) is 2.87. The van der Waals surface area contributed by atoms with Crippen molar-refractivity contribution in [2.24, 2.45) is 0 Å². The topological polar surface area (TPSA) is 32.3 Å². The number of carbonyl (C=O) groups is 1. The van der Waals surface area contributed by atoms with Gasteiger partial charge in [-0.1, -0.05) is 55.8 Å². The average molecular weight is 341 g/mol. The summed E-state index contributed by atoms with van der Waals surface area (Å²) in [7, 11) is 0. The molecule has 136 valence electrons. The summed E-state index contributed by atoms with van der Waals surface area (Å²) in [5.41, 5.74) is 3.28. The number of amides is 1. The lowest BCUT2D eigenvalue weighted by Gasteiger charge is -2.42. The van der Waals surface area contributed by atoms with E-state index in [0.717, 1.165) is 44.5 Å². The zero-order valence-electron chi connectivity index (χ0n) is 16.1. The third-order valence-corrected chi connectivity index (χ3v) is 5.10. The minimum atomic E-state index is -0.116. The first-order chi connectivity index (χ1) is 12.2. The molecule has 1 aromatic carbocycles. The minimum Gasteiger partial charge on any atom is -0.325 e. The van der Waals surface area contributed by atoms with Gasteiger partial charge in [0.15, 0.2) is 0 Å². The van der Waals surface area contributed by atoms with E-state index >= 15 is 0 Å². The number of hydrogen-bond donors (Lipinski definition) is 1. The Morgan fingerprint density at radius 2 is 1.92 bits per heavy atom. The van der Waals surface area contributed by atoms with Gasteiger partial charge in [0.05, 0.1) is 5.54 Å². The number of benzene rings is 1. The molecule has 3 nitrogen and oxygen atoms in total. The van der Waals surface area contributed by atoms with Crippen LogP contribution in [0.4, 0.5) is 0 Å². The quantitative estimate of drug-likeness (QED) is 0.809. The second-order valence-electron chi connectivity index (χ2n) is 6.57. The van der Waals surface area contributed by atoms with Gasteiger partial charge in [-0.25, -0.2) is 0 Å². The van der Waals surface area contributed by atoms with E-state index in [9.17, 15) is 4.79 Å². The highest BCUT2D eigenvalue weighted by molar-refractivity contribution is 6.00. The Balaban J connectivity index is 0.00000109. The maximum Gasteiger partial charge on any atom is 0.255 e. The molecule has 1 aromatic rings. The predicted octanol–water partition coefficient (Wildman–Crippen LogP) is 4.66. The van der Waals surface area contributed by atoms with Gasteiger partial charge in [0.25, 0.3) is 5.91 Å². The number of fused-ring (bicyclic) bond motifs is 2. The van der Waals surface area contributed by atoms with E-state index in [2.05, 4.69) is 47.5 Å². The molecule has 3 heteroatoms. The minimum absolute atomic E-state index is 0.116. The predicted molar refractivity (Wildman–Crippen MR) is 106 cm³/mol. The molecule has 0 bridgehead atoms. The van der Waals surface area contributed by atoms with Gasteiger partial charge in [0.1, 0.15) is 0 Å². The lowest BCUT2D eigenvalue weighted by Crippen LogP contribution is -2.50. The van der Waals surface area contributed by atoms with E-state index in [0.29, 0.717) is 0 Å². The first kappa shape index (κ1) is 19.5. The van der Waals surface area contributed by atoms with Crippen LogP contribution in [0.3, 0.4) is 0 Å². The molecule has 0 radical (unpaired) electrons. The van der Waals surface area contributed by atoms with E-state index < -0.39 is 0 Å². The van der Waals surface area contributed by atoms with Gasteiger partial charge >= 0.3 is 0 Å². The highest BCUT2D eigenvalue weighted by Gasteiger charge is 2.49. The zero-order chi connectivity index (χ0) is 18.3. The summed E-state index contributed by atoms with van der Waals surface area (Å²) in [4.78, 5) is 15.1. The van der Waals surface area contributed by atoms with Crippen molar-refractivity contribution in [1.82, 2.24) is 10.2 Å². The van der Waals surface area contributed by atoms with Crippen LogP contribution in [-0.4, -0.2) is 30.4 Å². The number of carbonyl (C=O) groups excluding carboxylic acids is 1. The van der Waals surface area contributed by atoms with Crippen molar-refractivity contribution in [3.8, 4) is 0 Å². The van der Waals surface area contributed by atoms with Crippen molar-refractivity contribution >= 4 is 5.91 Å². The first-order valence-corrected chi connectivity index (χ1v) is 9.58. The van der Waals surface area contributed by atoms with Crippen LogP contribution in [0.5, 0.6) is 0 Å². The van der Waals surface area contributed by atoms with Crippen LogP contribution < -0.4 is 5.32 Å². The number of piperidine rings is 1. The van der Waals surface area contributed by atoms with Crippen LogP contribution in [0.25, 0.3) is 0 Å². The molecular formula is C22H32N2O. The largest absolute Gasteiger partial charge is 0.325 e. The van der Waals surface area contributed by atoms with E-state index in [1.165, 1.54) is 11.1 Å². The van der Waals surface area contributed by atoms with Gasteiger partial charge in [-0.2, -0.15) is 0 Å². The molecule has 1 amide bonds. The van der Waals surface area contributed by atoms with Gasteiger partial charge in [-0.3, -0.25) is 4.79 Å². The van der Waals surface area contributed by atoms with Crippen molar-refractivity contribution in [3.63, 3.8) is 0 Å². The first-order valence-electron chi connectivity index (χ1n) is 9.58. The fraction of sp³-hybridized carbons (Fsp3) is 0.500. The Morgan fingerprint density at radius 1 is 1.24 bits per heavy atom. The molecule has 0 saturated carbocycles.